The smallest absolute Gasteiger partial charge is 0.329 e. The molecule has 22 heavy (non-hydrogen) atoms. The number of aromatic nitrogens is 1. The second-order valence-corrected chi connectivity index (χ2v) is 5.50. The van der Waals surface area contributed by atoms with E-state index in [1.807, 2.05) is 0 Å². The molecule has 1 aromatic rings. The summed E-state index contributed by atoms with van der Waals surface area (Å²) in [6.45, 7) is 1.50. The molecule has 1 N–H and O–H groups in total. The van der Waals surface area contributed by atoms with Gasteiger partial charge in [0.25, 0.3) is 0 Å². The second kappa shape index (κ2) is 7.77. The van der Waals surface area contributed by atoms with Crippen molar-refractivity contribution in [1.82, 2.24) is 10.3 Å². The van der Waals surface area contributed by atoms with Crippen LogP contribution in [0.4, 0.5) is 0 Å². The molecule has 0 aliphatic heterocycles. The van der Waals surface area contributed by atoms with E-state index in [4.69, 9.17) is 9.47 Å². The normalized spacial score (nSPS) is 16.1. The molecule has 6 nitrogen and oxygen atoms in total. The van der Waals surface area contributed by atoms with Gasteiger partial charge in [-0.05, 0) is 30.9 Å². The molecular formula is C16H22N2O4. The van der Waals surface area contributed by atoms with Crippen LogP contribution in [-0.2, 0) is 20.9 Å². The van der Waals surface area contributed by atoms with E-state index in [9.17, 15) is 9.59 Å². The fourth-order valence-corrected chi connectivity index (χ4v) is 2.84. The number of rotatable bonds is 6. The van der Waals surface area contributed by atoms with Crippen LogP contribution in [-0.4, -0.2) is 30.0 Å². The van der Waals surface area contributed by atoms with Crippen LogP contribution in [0.5, 0.6) is 5.88 Å². The zero-order valence-corrected chi connectivity index (χ0v) is 13.0. The molecule has 0 saturated heterocycles. The molecule has 1 aromatic heterocycles. The van der Waals surface area contributed by atoms with Crippen molar-refractivity contribution in [2.45, 2.75) is 45.3 Å². The first-order valence-electron chi connectivity index (χ1n) is 7.53. The van der Waals surface area contributed by atoms with Crippen molar-refractivity contribution < 1.29 is 19.1 Å². The Morgan fingerprint density at radius 3 is 2.77 bits per heavy atom. The lowest BCUT2D eigenvalue weighted by atomic mass is 9.98. The lowest BCUT2D eigenvalue weighted by molar-refractivity contribution is -0.150. The molecule has 0 bridgehead atoms. The van der Waals surface area contributed by atoms with E-state index < -0.39 is 12.0 Å². The Kier molecular flexibility index (Phi) is 5.75. The summed E-state index contributed by atoms with van der Waals surface area (Å²) in [4.78, 5) is 27.7. The summed E-state index contributed by atoms with van der Waals surface area (Å²) in [5.74, 6) is -0.0137. The molecule has 1 amide bonds. The van der Waals surface area contributed by atoms with Gasteiger partial charge in [-0.3, -0.25) is 4.79 Å². The number of pyridine rings is 1. The molecule has 0 aromatic carbocycles. The molecule has 1 unspecified atom stereocenters. The Bertz CT molecular complexity index is 527. The summed E-state index contributed by atoms with van der Waals surface area (Å²) in [5, 5.41) is 2.73. The maximum Gasteiger partial charge on any atom is 0.329 e. The van der Waals surface area contributed by atoms with Crippen LogP contribution in [0.3, 0.4) is 0 Å². The van der Waals surface area contributed by atoms with E-state index in [1.54, 1.807) is 18.3 Å². The largest absolute Gasteiger partial charge is 0.481 e. The maximum absolute atomic E-state index is 12.3. The lowest BCUT2D eigenvalue weighted by Crippen LogP contribution is -2.45. The fourth-order valence-electron chi connectivity index (χ4n) is 2.84. The minimum absolute atomic E-state index is 0.0820. The summed E-state index contributed by atoms with van der Waals surface area (Å²) in [7, 11) is 1.52. The second-order valence-electron chi connectivity index (χ2n) is 5.50. The van der Waals surface area contributed by atoms with E-state index in [0.29, 0.717) is 11.4 Å². The van der Waals surface area contributed by atoms with Crippen LogP contribution in [0, 0.1) is 5.92 Å². The third-order valence-electron chi connectivity index (χ3n) is 3.90. The Hall–Kier alpha value is -2.11. The van der Waals surface area contributed by atoms with Gasteiger partial charge in [0.2, 0.25) is 11.8 Å². The molecule has 1 aliphatic rings. The average Bonchev–Trinajstić information content (AvgIpc) is 3.04. The first kappa shape index (κ1) is 16.3. The topological polar surface area (TPSA) is 77.5 Å². The molecule has 2 rings (SSSR count). The van der Waals surface area contributed by atoms with Gasteiger partial charge in [-0.2, -0.15) is 0 Å². The number of ether oxygens (including phenoxy) is 2. The van der Waals surface area contributed by atoms with Crippen LogP contribution in [0.2, 0.25) is 0 Å². The van der Waals surface area contributed by atoms with Gasteiger partial charge in [0.05, 0.1) is 12.7 Å². The Labute approximate surface area is 130 Å². The van der Waals surface area contributed by atoms with Gasteiger partial charge in [-0.25, -0.2) is 9.78 Å². The van der Waals surface area contributed by atoms with Crippen molar-refractivity contribution in [1.29, 1.82) is 0 Å². The van der Waals surface area contributed by atoms with Gasteiger partial charge < -0.3 is 14.8 Å². The standard InChI is InChI=1S/C16H22N2O4/c1-11(19)18-14(12-6-3-4-7-12)16(20)22-10-13-8-5-9-17-15(13)21-2/h5,8-9,12,14H,3-4,6-7,10H2,1-2H3,(H,18,19). The predicted octanol–water partition coefficient (Wildman–Crippen LogP) is 1.83. The molecule has 0 spiro atoms. The van der Waals surface area contributed by atoms with E-state index in [-0.39, 0.29) is 18.4 Å². The van der Waals surface area contributed by atoms with Crippen molar-refractivity contribution in [2.24, 2.45) is 5.92 Å². The minimum Gasteiger partial charge on any atom is -0.481 e. The Morgan fingerprint density at radius 1 is 1.41 bits per heavy atom. The summed E-state index contributed by atoms with van der Waals surface area (Å²) in [5.41, 5.74) is 0.700. The molecule has 6 heteroatoms. The number of carbonyl (C=O) groups is 2. The molecule has 1 saturated carbocycles. The van der Waals surface area contributed by atoms with Crippen molar-refractivity contribution in [3.63, 3.8) is 0 Å². The lowest BCUT2D eigenvalue weighted by Gasteiger charge is -2.22. The molecule has 120 valence electrons. The van der Waals surface area contributed by atoms with Crippen LogP contribution in [0.1, 0.15) is 38.2 Å². The summed E-state index contributed by atoms with van der Waals surface area (Å²) in [6.07, 6.45) is 5.67. The van der Waals surface area contributed by atoms with E-state index >= 15 is 0 Å². The van der Waals surface area contributed by atoms with Crippen LogP contribution in [0.15, 0.2) is 18.3 Å². The SMILES string of the molecule is COc1ncccc1COC(=O)C(NC(C)=O)C1CCCC1. The molecular weight excluding hydrogens is 284 g/mol. The van der Waals surface area contributed by atoms with E-state index in [0.717, 1.165) is 25.7 Å². The monoisotopic (exact) mass is 306 g/mol. The number of amides is 1. The Morgan fingerprint density at radius 2 is 2.14 bits per heavy atom. The van der Waals surface area contributed by atoms with Gasteiger partial charge >= 0.3 is 5.97 Å². The number of hydrogen-bond donors (Lipinski definition) is 1. The Balaban J connectivity index is 1.99. The third-order valence-corrected chi connectivity index (χ3v) is 3.90. The first-order valence-corrected chi connectivity index (χ1v) is 7.53. The van der Waals surface area contributed by atoms with Crippen molar-refractivity contribution in [3.05, 3.63) is 23.9 Å². The van der Waals surface area contributed by atoms with Crippen LogP contribution in [0.25, 0.3) is 0 Å². The number of esters is 1. The highest BCUT2D eigenvalue weighted by Gasteiger charge is 2.32. The highest BCUT2D eigenvalue weighted by molar-refractivity contribution is 5.83. The zero-order valence-electron chi connectivity index (χ0n) is 13.0. The highest BCUT2D eigenvalue weighted by atomic mass is 16.5. The molecule has 1 fully saturated rings. The first-order chi connectivity index (χ1) is 10.6. The third kappa shape index (κ3) is 4.19. The average molecular weight is 306 g/mol. The minimum atomic E-state index is -0.567. The van der Waals surface area contributed by atoms with Gasteiger partial charge in [0.15, 0.2) is 0 Å². The number of methoxy groups -OCH3 is 1. The fraction of sp³-hybridized carbons (Fsp3) is 0.562. The summed E-state index contributed by atoms with van der Waals surface area (Å²) in [6, 6.07) is 2.98. The molecule has 1 atom stereocenters. The van der Waals surface area contributed by atoms with Gasteiger partial charge in [-0.1, -0.05) is 12.8 Å². The number of nitrogens with one attached hydrogen (secondary N) is 1. The van der Waals surface area contributed by atoms with Crippen LogP contribution < -0.4 is 10.1 Å². The number of carbonyl (C=O) groups excluding carboxylic acids is 2. The number of hydrogen-bond acceptors (Lipinski definition) is 5. The van der Waals surface area contributed by atoms with Gasteiger partial charge in [-0.15, -0.1) is 0 Å². The summed E-state index contributed by atoms with van der Waals surface area (Å²) >= 11 is 0. The van der Waals surface area contributed by atoms with Gasteiger partial charge in [0.1, 0.15) is 12.6 Å². The number of nitrogens with zero attached hydrogens (tertiary/aromatic N) is 1. The quantitative estimate of drug-likeness (QED) is 0.811. The highest BCUT2D eigenvalue weighted by Crippen LogP contribution is 2.28. The molecule has 0 radical (unpaired) electrons. The van der Waals surface area contributed by atoms with Crippen molar-refractivity contribution in [3.8, 4) is 5.88 Å². The summed E-state index contributed by atoms with van der Waals surface area (Å²) < 4.78 is 10.5. The van der Waals surface area contributed by atoms with Crippen molar-refractivity contribution >= 4 is 11.9 Å². The van der Waals surface area contributed by atoms with E-state index in [2.05, 4.69) is 10.3 Å². The van der Waals surface area contributed by atoms with E-state index in [1.165, 1.54) is 14.0 Å². The van der Waals surface area contributed by atoms with Crippen LogP contribution >= 0.6 is 0 Å². The van der Waals surface area contributed by atoms with Gasteiger partial charge in [0, 0.05) is 13.1 Å². The predicted molar refractivity (Wildman–Crippen MR) is 80.1 cm³/mol. The van der Waals surface area contributed by atoms with Crippen molar-refractivity contribution in [2.75, 3.05) is 7.11 Å². The molecule has 1 aliphatic carbocycles. The maximum atomic E-state index is 12.3. The zero-order chi connectivity index (χ0) is 15.9. The molecule has 1 heterocycles.